The molecule has 3 atom stereocenters. The summed E-state index contributed by atoms with van der Waals surface area (Å²) >= 11 is 0. The van der Waals surface area contributed by atoms with E-state index in [1.807, 2.05) is 0 Å². The van der Waals surface area contributed by atoms with E-state index in [9.17, 15) is 0 Å². The highest BCUT2D eigenvalue weighted by molar-refractivity contribution is 6.10. The van der Waals surface area contributed by atoms with E-state index in [0.29, 0.717) is 18.0 Å². The molecule has 3 aromatic rings. The second-order valence-electron chi connectivity index (χ2n) is 8.02. The van der Waals surface area contributed by atoms with Gasteiger partial charge in [-0.15, -0.1) is 0 Å². The van der Waals surface area contributed by atoms with E-state index < -0.39 is 0 Å². The van der Waals surface area contributed by atoms with Crippen molar-refractivity contribution in [2.24, 2.45) is 5.92 Å². The smallest absolute Gasteiger partial charge is 0.0540 e. The minimum absolute atomic E-state index is 0.343. The molecule has 2 heterocycles. The van der Waals surface area contributed by atoms with Gasteiger partial charge in [0.2, 0.25) is 0 Å². The fourth-order valence-corrected chi connectivity index (χ4v) is 4.85. The van der Waals surface area contributed by atoms with Crippen molar-refractivity contribution in [2.75, 3.05) is 0 Å². The van der Waals surface area contributed by atoms with E-state index in [2.05, 4.69) is 109 Å². The van der Waals surface area contributed by atoms with Crippen LogP contribution in [0.4, 0.5) is 0 Å². The maximum atomic E-state index is 3.87. The lowest BCUT2D eigenvalue weighted by Crippen LogP contribution is -2.40. The van der Waals surface area contributed by atoms with Crippen molar-refractivity contribution in [1.82, 2.24) is 9.88 Å². The third-order valence-electron chi connectivity index (χ3n) is 6.25. The Labute approximate surface area is 172 Å². The van der Waals surface area contributed by atoms with Crippen molar-refractivity contribution in [2.45, 2.75) is 38.8 Å². The largest absolute Gasteiger partial charge is 0.310 e. The predicted octanol–water partition coefficient (Wildman–Crippen LogP) is 6.46. The van der Waals surface area contributed by atoms with E-state index in [-0.39, 0.29) is 0 Å². The maximum Gasteiger partial charge on any atom is 0.0540 e. The number of hydrogen-bond acceptors (Lipinski definition) is 1. The molecule has 0 spiro atoms. The van der Waals surface area contributed by atoms with Crippen molar-refractivity contribution in [1.29, 1.82) is 0 Å². The van der Waals surface area contributed by atoms with E-state index in [0.717, 1.165) is 12.8 Å². The van der Waals surface area contributed by atoms with Gasteiger partial charge in [-0.3, -0.25) is 0 Å². The van der Waals surface area contributed by atoms with Gasteiger partial charge in [-0.1, -0.05) is 80.6 Å². The van der Waals surface area contributed by atoms with Gasteiger partial charge in [-0.25, -0.2) is 0 Å². The van der Waals surface area contributed by atoms with Crippen LogP contribution in [0.3, 0.4) is 0 Å². The number of fused-ring (bicyclic) bond motifs is 4. The van der Waals surface area contributed by atoms with Crippen molar-refractivity contribution in [3.05, 3.63) is 90.6 Å². The van der Waals surface area contributed by atoms with Crippen LogP contribution in [0, 0.1) is 5.92 Å². The molecule has 1 aromatic heterocycles. The average Bonchev–Trinajstić information content (AvgIpc) is 2.99. The van der Waals surface area contributed by atoms with E-state index in [1.165, 1.54) is 33.1 Å². The number of nitrogens with one attached hydrogen (secondary N) is 1. The third-order valence-corrected chi connectivity index (χ3v) is 6.25. The quantitative estimate of drug-likeness (QED) is 0.551. The highest BCUT2D eigenvalue weighted by Gasteiger charge is 2.26. The predicted molar refractivity (Wildman–Crippen MR) is 125 cm³/mol. The Morgan fingerprint density at radius 3 is 2.24 bits per heavy atom. The summed E-state index contributed by atoms with van der Waals surface area (Å²) in [6, 6.07) is 18.2. The zero-order valence-corrected chi connectivity index (χ0v) is 17.2. The molecule has 5 rings (SSSR count). The van der Waals surface area contributed by atoms with Gasteiger partial charge in [-0.2, -0.15) is 0 Å². The number of benzene rings is 2. The Morgan fingerprint density at radius 1 is 0.897 bits per heavy atom. The zero-order chi connectivity index (χ0) is 19.8. The molecule has 0 amide bonds. The van der Waals surface area contributed by atoms with Crippen LogP contribution < -0.4 is 5.32 Å². The molecule has 146 valence electrons. The van der Waals surface area contributed by atoms with E-state index >= 15 is 0 Å². The first kappa shape index (κ1) is 18.2. The van der Waals surface area contributed by atoms with Crippen LogP contribution in [0.2, 0.25) is 0 Å². The molecule has 29 heavy (non-hydrogen) atoms. The van der Waals surface area contributed by atoms with Gasteiger partial charge in [0.25, 0.3) is 0 Å². The Morgan fingerprint density at radius 2 is 1.59 bits per heavy atom. The molecule has 3 unspecified atom stereocenters. The van der Waals surface area contributed by atoms with Crippen LogP contribution in [-0.2, 0) is 0 Å². The molecular weight excluding hydrogens is 352 g/mol. The summed E-state index contributed by atoms with van der Waals surface area (Å²) in [4.78, 5) is 0. The first-order chi connectivity index (χ1) is 14.3. The van der Waals surface area contributed by atoms with Crippen LogP contribution in [0.5, 0.6) is 0 Å². The van der Waals surface area contributed by atoms with Gasteiger partial charge in [0.1, 0.15) is 0 Å². The average molecular weight is 381 g/mol. The molecule has 0 fully saturated rings. The molecular formula is C27H28N2. The monoisotopic (exact) mass is 380 g/mol. The van der Waals surface area contributed by atoms with E-state index in [4.69, 9.17) is 0 Å². The highest BCUT2D eigenvalue weighted by Crippen LogP contribution is 2.34. The molecule has 2 aliphatic rings. The van der Waals surface area contributed by atoms with Crippen molar-refractivity contribution in [3.63, 3.8) is 0 Å². The van der Waals surface area contributed by atoms with Crippen LogP contribution in [-0.4, -0.2) is 16.7 Å². The van der Waals surface area contributed by atoms with Crippen molar-refractivity contribution < 1.29 is 0 Å². The Kier molecular flexibility index (Phi) is 4.73. The molecule has 2 nitrogen and oxygen atoms in total. The summed E-state index contributed by atoms with van der Waals surface area (Å²) < 4.78 is 2.41. The number of nitrogens with zero attached hydrogens (tertiary/aromatic N) is 1. The summed E-state index contributed by atoms with van der Waals surface area (Å²) in [7, 11) is 0. The van der Waals surface area contributed by atoms with Crippen LogP contribution in [0.1, 0.15) is 26.7 Å². The number of para-hydroxylation sites is 2. The lowest BCUT2D eigenvalue weighted by atomic mass is 9.93. The van der Waals surface area contributed by atoms with Gasteiger partial charge in [-0.05, 0) is 36.6 Å². The fourth-order valence-electron chi connectivity index (χ4n) is 4.85. The Bertz CT molecular complexity index is 1120. The minimum atomic E-state index is 0.343. The van der Waals surface area contributed by atoms with Crippen molar-refractivity contribution >= 4 is 27.5 Å². The fraction of sp³-hybridized carbons (Fsp3) is 0.259. The standard InChI is InChI=1S/C27H28N2/c1-3-9-19-14-15-20-18-21(16-17-25(20)28-24(19)4-2)29-26-12-7-5-10-22(26)23-11-6-8-13-27(23)29/h5-18,20,24-25,28H,3-4H2,1-2H3/b19-9-. The SMILES string of the molecule is CC/C=C1/C=CC2C=C(n3c4ccccc4c4ccccc43)C=CC2NC1CC. The van der Waals surface area contributed by atoms with Crippen molar-refractivity contribution in [3.8, 4) is 0 Å². The molecule has 1 N–H and O–H groups in total. The summed E-state index contributed by atoms with van der Waals surface area (Å²) in [6.07, 6.45) is 16.3. The molecule has 0 saturated carbocycles. The Balaban J connectivity index is 1.62. The summed E-state index contributed by atoms with van der Waals surface area (Å²) in [5.41, 5.74) is 5.22. The second kappa shape index (κ2) is 7.53. The number of aromatic nitrogens is 1. The molecule has 0 radical (unpaired) electrons. The number of allylic oxidation sites excluding steroid dienone is 3. The van der Waals surface area contributed by atoms with E-state index in [1.54, 1.807) is 0 Å². The zero-order valence-electron chi connectivity index (χ0n) is 17.2. The normalized spacial score (nSPS) is 25.4. The molecule has 0 saturated heterocycles. The number of hydrogen-bond donors (Lipinski definition) is 1. The number of rotatable bonds is 3. The highest BCUT2D eigenvalue weighted by atomic mass is 15.0. The lowest BCUT2D eigenvalue weighted by Gasteiger charge is -2.27. The van der Waals surface area contributed by atoms with Gasteiger partial charge >= 0.3 is 0 Å². The molecule has 0 bridgehead atoms. The van der Waals surface area contributed by atoms with Crippen LogP contribution in [0.25, 0.3) is 27.5 Å². The summed E-state index contributed by atoms with van der Waals surface area (Å²) in [5, 5.41) is 6.50. The topological polar surface area (TPSA) is 17.0 Å². The molecule has 2 heteroatoms. The van der Waals surface area contributed by atoms with Crippen LogP contribution in [0.15, 0.2) is 90.6 Å². The molecule has 1 aliphatic carbocycles. The second-order valence-corrected chi connectivity index (χ2v) is 8.02. The van der Waals surface area contributed by atoms with Gasteiger partial charge in [0, 0.05) is 34.5 Å². The van der Waals surface area contributed by atoms with Gasteiger partial charge in [0.05, 0.1) is 11.0 Å². The Hall–Kier alpha value is -2.84. The third kappa shape index (κ3) is 3.08. The lowest BCUT2D eigenvalue weighted by molar-refractivity contribution is 0.474. The molecule has 1 aliphatic heterocycles. The van der Waals surface area contributed by atoms with Gasteiger partial charge < -0.3 is 9.88 Å². The first-order valence-corrected chi connectivity index (χ1v) is 10.8. The maximum absolute atomic E-state index is 3.87. The van der Waals surface area contributed by atoms with Gasteiger partial charge in [0.15, 0.2) is 0 Å². The molecule has 2 aromatic carbocycles. The summed E-state index contributed by atoms with van der Waals surface area (Å²) in [5.74, 6) is 0.353. The first-order valence-electron chi connectivity index (χ1n) is 10.8. The summed E-state index contributed by atoms with van der Waals surface area (Å²) in [6.45, 7) is 4.48. The minimum Gasteiger partial charge on any atom is -0.310 e. The van der Waals surface area contributed by atoms with Crippen LogP contribution >= 0.6 is 0 Å².